The Balaban J connectivity index is 1.61. The van der Waals surface area contributed by atoms with Gasteiger partial charge in [0.1, 0.15) is 11.6 Å². The Kier molecular flexibility index (Phi) is 5.52. The highest BCUT2D eigenvalue weighted by atomic mass is 32.2. The minimum atomic E-state index is -0.375. The molecule has 0 aliphatic heterocycles. The van der Waals surface area contributed by atoms with Crippen LogP contribution in [0, 0.1) is 11.6 Å². The van der Waals surface area contributed by atoms with Crippen LogP contribution in [-0.4, -0.2) is 26.3 Å². The maximum absolute atomic E-state index is 14.3. The maximum Gasteiger partial charge on any atom is 0.192 e. The number of halogens is 2. The lowest BCUT2D eigenvalue weighted by atomic mass is 10.1. The fourth-order valence-electron chi connectivity index (χ4n) is 3.54. The lowest BCUT2D eigenvalue weighted by Crippen LogP contribution is -2.10. The fourth-order valence-corrected chi connectivity index (χ4v) is 4.44. The molecule has 4 nitrogen and oxygen atoms in total. The Morgan fingerprint density at radius 2 is 1.75 bits per heavy atom. The summed E-state index contributed by atoms with van der Waals surface area (Å²) in [6.07, 6.45) is 4.19. The van der Waals surface area contributed by atoms with E-state index in [0.717, 1.165) is 25.7 Å². The van der Waals surface area contributed by atoms with Gasteiger partial charge in [-0.3, -0.25) is 9.36 Å². The number of hydrogen-bond donors (Lipinski definition) is 0. The van der Waals surface area contributed by atoms with Crippen LogP contribution in [0.4, 0.5) is 8.78 Å². The predicted octanol–water partition coefficient (Wildman–Crippen LogP) is 5.31. The van der Waals surface area contributed by atoms with E-state index >= 15 is 0 Å². The van der Waals surface area contributed by atoms with Gasteiger partial charge in [-0.05, 0) is 49.2 Å². The first kappa shape index (κ1) is 18.8. The molecule has 1 aliphatic carbocycles. The normalized spacial score (nSPS) is 14.5. The minimum absolute atomic E-state index is 0.113. The molecule has 1 fully saturated rings. The summed E-state index contributed by atoms with van der Waals surface area (Å²) in [5.41, 5.74) is 0.869. The number of thioether (sulfide) groups is 1. The summed E-state index contributed by atoms with van der Waals surface area (Å²) in [5, 5.41) is 9.11. The molecule has 7 heteroatoms. The number of rotatable bonds is 6. The molecule has 1 aromatic heterocycles. The molecule has 0 atom stereocenters. The third-order valence-corrected chi connectivity index (χ3v) is 5.91. The Morgan fingerprint density at radius 1 is 1.04 bits per heavy atom. The molecule has 1 heterocycles. The minimum Gasteiger partial charge on any atom is -0.299 e. The number of nitrogens with zero attached hydrogens (tertiary/aromatic N) is 3. The SMILES string of the molecule is O=C(CSc1nnc(-c2ccccc2F)n1C1CCCC1)c1ccc(F)cc1. The zero-order chi connectivity index (χ0) is 19.5. The van der Waals surface area contributed by atoms with Gasteiger partial charge in [0.25, 0.3) is 0 Å². The summed E-state index contributed by atoms with van der Waals surface area (Å²) in [7, 11) is 0. The molecular weight excluding hydrogens is 380 g/mol. The largest absolute Gasteiger partial charge is 0.299 e. The summed E-state index contributed by atoms with van der Waals surface area (Å²) in [6, 6.07) is 12.2. The standard InChI is InChI=1S/C21H19F2N3OS/c22-15-11-9-14(10-12-15)19(27)13-28-21-25-24-20(17-7-3-4-8-18(17)23)26(21)16-5-1-2-6-16/h3-4,7-12,16H,1-2,5-6,13H2. The van der Waals surface area contributed by atoms with Crippen molar-refractivity contribution in [2.75, 3.05) is 5.75 Å². The molecule has 0 radical (unpaired) electrons. The monoisotopic (exact) mass is 399 g/mol. The van der Waals surface area contributed by atoms with Gasteiger partial charge in [0, 0.05) is 11.6 Å². The average Bonchev–Trinajstić information content (AvgIpc) is 3.36. The Hall–Kier alpha value is -2.54. The van der Waals surface area contributed by atoms with Crippen molar-refractivity contribution in [3.8, 4) is 11.4 Å². The molecule has 28 heavy (non-hydrogen) atoms. The third-order valence-electron chi connectivity index (χ3n) is 4.97. The summed E-state index contributed by atoms with van der Waals surface area (Å²) < 4.78 is 29.4. The van der Waals surface area contributed by atoms with E-state index in [0.29, 0.717) is 22.1 Å². The van der Waals surface area contributed by atoms with E-state index < -0.39 is 0 Å². The molecule has 0 spiro atoms. The number of Topliss-reactive ketones (excluding diaryl/α,β-unsaturated/α-hetero) is 1. The van der Waals surface area contributed by atoms with Crippen molar-refractivity contribution in [2.24, 2.45) is 0 Å². The van der Waals surface area contributed by atoms with Crippen LogP contribution in [0.3, 0.4) is 0 Å². The van der Waals surface area contributed by atoms with Gasteiger partial charge < -0.3 is 0 Å². The molecule has 1 aliphatic rings. The van der Waals surface area contributed by atoms with Gasteiger partial charge in [0.15, 0.2) is 16.8 Å². The molecular formula is C21H19F2N3OS. The molecule has 3 aromatic rings. The van der Waals surface area contributed by atoms with Crippen LogP contribution in [0.2, 0.25) is 0 Å². The first-order valence-corrected chi connectivity index (χ1v) is 10.2. The second-order valence-corrected chi connectivity index (χ2v) is 7.76. The number of hydrogen-bond acceptors (Lipinski definition) is 4. The van der Waals surface area contributed by atoms with Crippen LogP contribution in [-0.2, 0) is 0 Å². The van der Waals surface area contributed by atoms with Gasteiger partial charge in [0.2, 0.25) is 0 Å². The van der Waals surface area contributed by atoms with Crippen molar-refractivity contribution in [2.45, 2.75) is 36.9 Å². The van der Waals surface area contributed by atoms with Gasteiger partial charge in [-0.1, -0.05) is 36.7 Å². The number of aromatic nitrogens is 3. The molecule has 0 bridgehead atoms. The highest BCUT2D eigenvalue weighted by molar-refractivity contribution is 7.99. The predicted molar refractivity (Wildman–Crippen MR) is 104 cm³/mol. The molecule has 0 saturated heterocycles. The maximum atomic E-state index is 14.3. The summed E-state index contributed by atoms with van der Waals surface area (Å²) >= 11 is 1.29. The van der Waals surface area contributed by atoms with Gasteiger partial charge in [0.05, 0.1) is 11.3 Å². The molecule has 144 valence electrons. The van der Waals surface area contributed by atoms with Crippen molar-refractivity contribution in [3.63, 3.8) is 0 Å². The summed E-state index contributed by atoms with van der Waals surface area (Å²) in [4.78, 5) is 12.4. The Morgan fingerprint density at radius 3 is 2.46 bits per heavy atom. The number of carbonyl (C=O) groups is 1. The lowest BCUT2D eigenvalue weighted by Gasteiger charge is -2.17. The van der Waals surface area contributed by atoms with Crippen LogP contribution >= 0.6 is 11.8 Å². The number of carbonyl (C=O) groups excluding carboxylic acids is 1. The Labute approximate surface area is 166 Å². The van der Waals surface area contributed by atoms with Gasteiger partial charge >= 0.3 is 0 Å². The van der Waals surface area contributed by atoms with Crippen LogP contribution in [0.1, 0.15) is 42.1 Å². The lowest BCUT2D eigenvalue weighted by molar-refractivity contribution is 0.102. The molecule has 2 aromatic carbocycles. The van der Waals surface area contributed by atoms with Gasteiger partial charge in [-0.15, -0.1) is 10.2 Å². The average molecular weight is 399 g/mol. The van der Waals surface area contributed by atoms with Crippen molar-refractivity contribution in [3.05, 3.63) is 65.7 Å². The van der Waals surface area contributed by atoms with E-state index in [9.17, 15) is 13.6 Å². The first-order valence-electron chi connectivity index (χ1n) is 9.25. The van der Waals surface area contributed by atoms with E-state index in [1.54, 1.807) is 18.2 Å². The fraction of sp³-hybridized carbons (Fsp3) is 0.286. The van der Waals surface area contributed by atoms with E-state index in [1.807, 2.05) is 4.57 Å². The first-order chi connectivity index (χ1) is 13.6. The van der Waals surface area contributed by atoms with Crippen LogP contribution in [0.15, 0.2) is 53.7 Å². The van der Waals surface area contributed by atoms with Gasteiger partial charge in [-0.2, -0.15) is 0 Å². The molecule has 0 N–H and O–H groups in total. The quantitative estimate of drug-likeness (QED) is 0.416. The molecule has 0 amide bonds. The van der Waals surface area contributed by atoms with Crippen LogP contribution < -0.4 is 0 Å². The van der Waals surface area contributed by atoms with Crippen molar-refractivity contribution in [1.82, 2.24) is 14.8 Å². The molecule has 1 saturated carbocycles. The zero-order valence-corrected chi connectivity index (χ0v) is 16.0. The second-order valence-electron chi connectivity index (χ2n) is 6.81. The second kappa shape index (κ2) is 8.22. The topological polar surface area (TPSA) is 47.8 Å². The van der Waals surface area contributed by atoms with E-state index in [-0.39, 0.29) is 29.2 Å². The third kappa shape index (κ3) is 3.85. The van der Waals surface area contributed by atoms with E-state index in [4.69, 9.17) is 0 Å². The number of ketones is 1. The highest BCUT2D eigenvalue weighted by Gasteiger charge is 2.26. The van der Waals surface area contributed by atoms with Crippen molar-refractivity contribution < 1.29 is 13.6 Å². The summed E-state index contributed by atoms with van der Waals surface area (Å²) in [5.74, 6) is -0.166. The highest BCUT2D eigenvalue weighted by Crippen LogP contribution is 2.37. The molecule has 0 unspecified atom stereocenters. The summed E-state index contributed by atoms with van der Waals surface area (Å²) in [6.45, 7) is 0. The van der Waals surface area contributed by atoms with Crippen molar-refractivity contribution in [1.29, 1.82) is 0 Å². The van der Waals surface area contributed by atoms with Gasteiger partial charge in [-0.25, -0.2) is 8.78 Å². The van der Waals surface area contributed by atoms with E-state index in [1.165, 1.54) is 42.1 Å². The van der Waals surface area contributed by atoms with Crippen LogP contribution in [0.25, 0.3) is 11.4 Å². The zero-order valence-electron chi connectivity index (χ0n) is 15.1. The Bertz CT molecular complexity index is 982. The smallest absolute Gasteiger partial charge is 0.192 e. The van der Waals surface area contributed by atoms with Crippen LogP contribution in [0.5, 0.6) is 0 Å². The van der Waals surface area contributed by atoms with E-state index in [2.05, 4.69) is 10.2 Å². The molecule has 4 rings (SSSR count). The number of benzene rings is 2. The van der Waals surface area contributed by atoms with Crippen molar-refractivity contribution >= 4 is 17.5 Å².